The lowest BCUT2D eigenvalue weighted by molar-refractivity contribution is 0.418. The zero-order valence-electron chi connectivity index (χ0n) is 9.39. The van der Waals surface area contributed by atoms with Crippen molar-refractivity contribution in [3.63, 3.8) is 0 Å². The number of fused-ring (bicyclic) bond motifs is 2. The van der Waals surface area contributed by atoms with E-state index >= 15 is 0 Å². The lowest BCUT2D eigenvalue weighted by Crippen LogP contribution is -1.87. The van der Waals surface area contributed by atoms with Crippen LogP contribution in [0.2, 0.25) is 0 Å². The molecule has 1 heterocycles. The van der Waals surface area contributed by atoms with E-state index in [1.54, 1.807) is 0 Å². The maximum Gasteiger partial charge on any atom is 0.107 e. The van der Waals surface area contributed by atoms with Crippen LogP contribution < -0.4 is 0 Å². The molecule has 1 aliphatic heterocycles. The second-order valence-corrected chi connectivity index (χ2v) is 4.55. The fourth-order valence-corrected chi connectivity index (χ4v) is 2.61. The van der Waals surface area contributed by atoms with Gasteiger partial charge < -0.3 is 4.74 Å². The summed E-state index contributed by atoms with van der Waals surface area (Å²) in [6.45, 7) is 0.859. The molecule has 4 rings (SSSR count). The summed E-state index contributed by atoms with van der Waals surface area (Å²) >= 11 is 0. The maximum atomic E-state index is 5.51. The van der Waals surface area contributed by atoms with E-state index in [2.05, 4.69) is 54.6 Å². The average Bonchev–Trinajstić information content (AvgIpc) is 3.20. The molecule has 1 atom stereocenters. The Morgan fingerprint density at radius 1 is 0.824 bits per heavy atom. The third-order valence-corrected chi connectivity index (χ3v) is 3.47. The third kappa shape index (κ3) is 1.36. The molecule has 1 heteroatoms. The number of hydrogen-bond donors (Lipinski definition) is 0. The Kier molecular flexibility index (Phi) is 1.79. The molecule has 1 saturated heterocycles. The molecule has 0 bridgehead atoms. The van der Waals surface area contributed by atoms with Crippen molar-refractivity contribution in [2.75, 3.05) is 6.61 Å². The summed E-state index contributed by atoms with van der Waals surface area (Å²) in [5, 5.41) is 5.26. The van der Waals surface area contributed by atoms with E-state index in [1.165, 1.54) is 27.1 Å². The number of ether oxygens (including phenoxy) is 1. The largest absolute Gasteiger partial charge is 0.368 e. The summed E-state index contributed by atoms with van der Waals surface area (Å²) in [5.74, 6) is 0. The highest BCUT2D eigenvalue weighted by molar-refractivity contribution is 6.02. The fourth-order valence-electron chi connectivity index (χ4n) is 2.61. The molecule has 0 radical (unpaired) electrons. The smallest absolute Gasteiger partial charge is 0.107 e. The molecule has 3 aromatic rings. The summed E-state index contributed by atoms with van der Waals surface area (Å²) in [7, 11) is 0. The molecule has 0 amide bonds. The van der Waals surface area contributed by atoms with E-state index < -0.39 is 0 Å². The highest BCUT2D eigenvalue weighted by Gasteiger charge is 2.28. The van der Waals surface area contributed by atoms with Gasteiger partial charge in [0.15, 0.2) is 0 Å². The summed E-state index contributed by atoms with van der Waals surface area (Å²) in [4.78, 5) is 0. The van der Waals surface area contributed by atoms with Crippen molar-refractivity contribution in [3.05, 3.63) is 60.2 Å². The van der Waals surface area contributed by atoms with Crippen molar-refractivity contribution in [2.45, 2.75) is 6.10 Å². The minimum Gasteiger partial charge on any atom is -0.368 e. The molecule has 0 N–H and O–H groups in total. The highest BCUT2D eigenvalue weighted by Crippen LogP contribution is 2.40. The SMILES string of the molecule is c1ccc2c([C@H]3CO3)c3ccccc3cc2c1. The van der Waals surface area contributed by atoms with Gasteiger partial charge >= 0.3 is 0 Å². The molecule has 1 nitrogen and oxygen atoms in total. The molecule has 1 fully saturated rings. The molecule has 1 aliphatic rings. The minimum atomic E-state index is 0.297. The van der Waals surface area contributed by atoms with Crippen molar-refractivity contribution in [1.29, 1.82) is 0 Å². The second-order valence-electron chi connectivity index (χ2n) is 4.55. The Morgan fingerprint density at radius 3 is 1.88 bits per heavy atom. The number of rotatable bonds is 1. The Bertz CT molecular complexity index is 657. The first-order valence-electron chi connectivity index (χ1n) is 5.95. The predicted molar refractivity (Wildman–Crippen MR) is 70.1 cm³/mol. The van der Waals surface area contributed by atoms with Crippen molar-refractivity contribution in [3.8, 4) is 0 Å². The molecule has 0 unspecified atom stereocenters. The molecule has 17 heavy (non-hydrogen) atoms. The normalized spacial score (nSPS) is 18.7. The Hall–Kier alpha value is -1.86. The van der Waals surface area contributed by atoms with Gasteiger partial charge in [0.05, 0.1) is 6.61 Å². The average molecular weight is 220 g/mol. The summed E-state index contributed by atoms with van der Waals surface area (Å²) < 4.78 is 5.51. The van der Waals surface area contributed by atoms with Crippen molar-refractivity contribution < 1.29 is 4.74 Å². The monoisotopic (exact) mass is 220 g/mol. The van der Waals surface area contributed by atoms with E-state index in [0.717, 1.165) is 6.61 Å². The van der Waals surface area contributed by atoms with E-state index in [4.69, 9.17) is 4.74 Å². The van der Waals surface area contributed by atoms with Crippen molar-refractivity contribution >= 4 is 21.5 Å². The van der Waals surface area contributed by atoms with Crippen LogP contribution in [0.15, 0.2) is 54.6 Å². The van der Waals surface area contributed by atoms with E-state index in [1.807, 2.05) is 0 Å². The summed E-state index contributed by atoms with van der Waals surface area (Å²) in [6.07, 6.45) is 0.297. The van der Waals surface area contributed by atoms with Gasteiger partial charge in [0, 0.05) is 0 Å². The van der Waals surface area contributed by atoms with Crippen LogP contribution in [0.3, 0.4) is 0 Å². The number of hydrogen-bond acceptors (Lipinski definition) is 1. The lowest BCUT2D eigenvalue weighted by Gasteiger charge is -2.09. The van der Waals surface area contributed by atoms with Gasteiger partial charge in [-0.1, -0.05) is 48.5 Å². The van der Waals surface area contributed by atoms with Gasteiger partial charge in [-0.25, -0.2) is 0 Å². The molecule has 82 valence electrons. The highest BCUT2D eigenvalue weighted by atomic mass is 16.6. The molecule has 0 aromatic heterocycles. The van der Waals surface area contributed by atoms with Crippen LogP contribution in [-0.2, 0) is 4.74 Å². The Labute approximate surface area is 99.6 Å². The molecule has 0 saturated carbocycles. The fraction of sp³-hybridized carbons (Fsp3) is 0.125. The van der Waals surface area contributed by atoms with Crippen LogP contribution >= 0.6 is 0 Å². The van der Waals surface area contributed by atoms with Crippen molar-refractivity contribution in [2.24, 2.45) is 0 Å². The topological polar surface area (TPSA) is 12.5 Å². The first-order chi connectivity index (χ1) is 8.43. The minimum absolute atomic E-state index is 0.297. The molecular formula is C16H12O. The lowest BCUT2D eigenvalue weighted by atomic mass is 9.95. The molecule has 3 aromatic carbocycles. The third-order valence-electron chi connectivity index (χ3n) is 3.47. The van der Waals surface area contributed by atoms with Gasteiger partial charge in [-0.2, -0.15) is 0 Å². The second kappa shape index (κ2) is 3.31. The van der Waals surface area contributed by atoms with Crippen LogP contribution in [0.4, 0.5) is 0 Å². The van der Waals surface area contributed by atoms with E-state index in [9.17, 15) is 0 Å². The maximum absolute atomic E-state index is 5.51. The number of epoxide rings is 1. The molecule has 0 aliphatic carbocycles. The van der Waals surface area contributed by atoms with Gasteiger partial charge in [-0.15, -0.1) is 0 Å². The Morgan fingerprint density at radius 2 is 1.35 bits per heavy atom. The number of benzene rings is 3. The van der Waals surface area contributed by atoms with E-state index in [0.29, 0.717) is 6.10 Å². The first-order valence-corrected chi connectivity index (χ1v) is 5.95. The van der Waals surface area contributed by atoms with Gasteiger partial charge in [-0.3, -0.25) is 0 Å². The zero-order valence-corrected chi connectivity index (χ0v) is 9.39. The van der Waals surface area contributed by atoms with E-state index in [-0.39, 0.29) is 0 Å². The van der Waals surface area contributed by atoms with Crippen LogP contribution in [0.25, 0.3) is 21.5 Å². The Balaban J connectivity index is 2.23. The molecular weight excluding hydrogens is 208 g/mol. The summed E-state index contributed by atoms with van der Waals surface area (Å²) in [6, 6.07) is 19.4. The first kappa shape index (κ1) is 9.20. The zero-order chi connectivity index (χ0) is 11.2. The van der Waals surface area contributed by atoms with Crippen molar-refractivity contribution in [1.82, 2.24) is 0 Å². The summed E-state index contributed by atoms with van der Waals surface area (Å²) in [5.41, 5.74) is 1.36. The molecule has 0 spiro atoms. The predicted octanol–water partition coefficient (Wildman–Crippen LogP) is 4.06. The quantitative estimate of drug-likeness (QED) is 0.445. The van der Waals surface area contributed by atoms with Crippen LogP contribution in [0, 0.1) is 0 Å². The van der Waals surface area contributed by atoms with Crippen LogP contribution in [0.5, 0.6) is 0 Å². The standard InChI is InChI=1S/C16H12O/c1-3-7-13-11(5-1)9-12-6-2-4-8-14(12)16(13)15-10-17-15/h1-9,15H,10H2/t15-/m1/s1. The van der Waals surface area contributed by atoms with Crippen LogP contribution in [0.1, 0.15) is 11.7 Å². The van der Waals surface area contributed by atoms with Crippen LogP contribution in [-0.4, -0.2) is 6.61 Å². The van der Waals surface area contributed by atoms with Gasteiger partial charge in [-0.05, 0) is 33.2 Å². The van der Waals surface area contributed by atoms with Gasteiger partial charge in [0.25, 0.3) is 0 Å². The van der Waals surface area contributed by atoms with Gasteiger partial charge in [0.2, 0.25) is 0 Å². The van der Waals surface area contributed by atoms with Gasteiger partial charge in [0.1, 0.15) is 6.10 Å².